The third-order valence-corrected chi connectivity index (χ3v) is 2.39. The molecule has 0 atom stereocenters. The number of rotatable bonds is 1. The van der Waals surface area contributed by atoms with E-state index in [0.29, 0.717) is 0 Å². The van der Waals surface area contributed by atoms with Crippen LogP contribution in [0.25, 0.3) is 0 Å². The molecule has 0 fully saturated rings. The largest absolute Gasteiger partial charge is 0.493 e. The number of benzene rings is 1. The molecule has 0 bridgehead atoms. The summed E-state index contributed by atoms with van der Waals surface area (Å²) in [5.41, 5.74) is 3.39. The molecule has 64 valence electrons. The van der Waals surface area contributed by atoms with Gasteiger partial charge in [0.2, 0.25) is 0 Å². The first-order chi connectivity index (χ1) is 5.83. The second kappa shape index (κ2) is 2.79. The van der Waals surface area contributed by atoms with Gasteiger partial charge in [0.05, 0.1) is 13.2 Å². The molecule has 2 heteroatoms. The summed E-state index contributed by atoms with van der Waals surface area (Å²) in [6.45, 7) is 2.90. The van der Waals surface area contributed by atoms with Gasteiger partial charge < -0.3 is 9.84 Å². The van der Waals surface area contributed by atoms with Crippen molar-refractivity contribution in [2.75, 3.05) is 6.61 Å². The summed E-state index contributed by atoms with van der Waals surface area (Å²) < 4.78 is 5.38. The van der Waals surface area contributed by atoms with E-state index < -0.39 is 0 Å². The zero-order valence-corrected chi connectivity index (χ0v) is 7.13. The molecule has 1 aromatic rings. The van der Waals surface area contributed by atoms with Crippen molar-refractivity contribution in [1.29, 1.82) is 0 Å². The molecule has 0 aromatic heterocycles. The Morgan fingerprint density at radius 3 is 3.08 bits per heavy atom. The fourth-order valence-corrected chi connectivity index (χ4v) is 1.68. The van der Waals surface area contributed by atoms with E-state index in [1.54, 1.807) is 0 Å². The van der Waals surface area contributed by atoms with E-state index in [-0.39, 0.29) is 6.61 Å². The van der Waals surface area contributed by atoms with Gasteiger partial charge in [-0.05, 0) is 24.1 Å². The lowest BCUT2D eigenvalue weighted by Gasteiger charge is -2.07. The molecule has 0 aliphatic carbocycles. The molecule has 12 heavy (non-hydrogen) atoms. The number of aliphatic hydroxyl groups is 1. The maximum absolute atomic E-state index is 9.13. The van der Waals surface area contributed by atoms with Crippen molar-refractivity contribution in [2.45, 2.75) is 20.0 Å². The SMILES string of the molecule is Cc1ccc2c(c1CO)CCO2. The van der Waals surface area contributed by atoms with Crippen LogP contribution >= 0.6 is 0 Å². The summed E-state index contributed by atoms with van der Waals surface area (Å²) in [6, 6.07) is 3.98. The molecule has 2 rings (SSSR count). The Balaban J connectivity index is 2.57. The van der Waals surface area contributed by atoms with Crippen molar-refractivity contribution in [3.05, 3.63) is 28.8 Å². The lowest BCUT2D eigenvalue weighted by atomic mass is 10.0. The second-order valence-corrected chi connectivity index (χ2v) is 3.09. The maximum atomic E-state index is 9.13. The Bertz CT molecular complexity index is 305. The highest BCUT2D eigenvalue weighted by Gasteiger charge is 2.16. The van der Waals surface area contributed by atoms with Crippen molar-refractivity contribution in [1.82, 2.24) is 0 Å². The third-order valence-electron chi connectivity index (χ3n) is 2.39. The molecule has 0 amide bonds. The first-order valence-corrected chi connectivity index (χ1v) is 4.18. The minimum Gasteiger partial charge on any atom is -0.493 e. The van der Waals surface area contributed by atoms with E-state index in [1.165, 1.54) is 5.56 Å². The van der Waals surface area contributed by atoms with Crippen LogP contribution < -0.4 is 4.74 Å². The minimum atomic E-state index is 0.123. The Morgan fingerprint density at radius 2 is 2.33 bits per heavy atom. The van der Waals surface area contributed by atoms with Crippen molar-refractivity contribution < 1.29 is 9.84 Å². The van der Waals surface area contributed by atoms with Gasteiger partial charge in [0.15, 0.2) is 0 Å². The molecule has 1 aromatic carbocycles. The van der Waals surface area contributed by atoms with Gasteiger partial charge in [-0.3, -0.25) is 0 Å². The van der Waals surface area contributed by atoms with Gasteiger partial charge in [-0.2, -0.15) is 0 Å². The molecule has 0 spiro atoms. The maximum Gasteiger partial charge on any atom is 0.123 e. The van der Waals surface area contributed by atoms with Crippen LogP contribution in [0.4, 0.5) is 0 Å². The number of hydrogen-bond donors (Lipinski definition) is 1. The van der Waals surface area contributed by atoms with Crippen molar-refractivity contribution in [3.8, 4) is 5.75 Å². The van der Waals surface area contributed by atoms with Crippen LogP contribution in [0.1, 0.15) is 16.7 Å². The van der Waals surface area contributed by atoms with Gasteiger partial charge in [0.25, 0.3) is 0 Å². The van der Waals surface area contributed by atoms with Gasteiger partial charge >= 0.3 is 0 Å². The molecule has 0 radical (unpaired) electrons. The number of ether oxygens (including phenoxy) is 1. The van der Waals surface area contributed by atoms with Crippen LogP contribution in [0, 0.1) is 6.92 Å². The number of fused-ring (bicyclic) bond motifs is 1. The smallest absolute Gasteiger partial charge is 0.123 e. The average molecular weight is 164 g/mol. The molecule has 1 aliphatic heterocycles. The minimum absolute atomic E-state index is 0.123. The van der Waals surface area contributed by atoms with Gasteiger partial charge in [-0.15, -0.1) is 0 Å². The molecule has 0 saturated heterocycles. The van der Waals surface area contributed by atoms with Crippen LogP contribution in [0.2, 0.25) is 0 Å². The Kier molecular flexibility index (Phi) is 1.77. The topological polar surface area (TPSA) is 29.5 Å². The molecular weight excluding hydrogens is 152 g/mol. The summed E-state index contributed by atoms with van der Waals surface area (Å²) in [5, 5.41) is 9.13. The van der Waals surface area contributed by atoms with Crippen molar-refractivity contribution in [3.63, 3.8) is 0 Å². The van der Waals surface area contributed by atoms with E-state index in [9.17, 15) is 0 Å². The zero-order chi connectivity index (χ0) is 8.55. The van der Waals surface area contributed by atoms with Gasteiger partial charge in [-0.1, -0.05) is 6.07 Å². The van der Waals surface area contributed by atoms with E-state index >= 15 is 0 Å². The fourth-order valence-electron chi connectivity index (χ4n) is 1.68. The molecule has 1 heterocycles. The summed E-state index contributed by atoms with van der Waals surface area (Å²) >= 11 is 0. The molecule has 2 nitrogen and oxygen atoms in total. The molecule has 1 N–H and O–H groups in total. The van der Waals surface area contributed by atoms with Gasteiger partial charge in [0, 0.05) is 12.0 Å². The molecule has 0 saturated carbocycles. The van der Waals surface area contributed by atoms with Crippen LogP contribution in [-0.4, -0.2) is 11.7 Å². The first-order valence-electron chi connectivity index (χ1n) is 4.18. The molecule has 1 aliphatic rings. The quantitative estimate of drug-likeness (QED) is 0.680. The van der Waals surface area contributed by atoms with E-state index in [0.717, 1.165) is 29.9 Å². The summed E-state index contributed by atoms with van der Waals surface area (Å²) in [7, 11) is 0. The van der Waals surface area contributed by atoms with E-state index in [2.05, 4.69) is 0 Å². The van der Waals surface area contributed by atoms with Gasteiger partial charge in [-0.25, -0.2) is 0 Å². The van der Waals surface area contributed by atoms with E-state index in [4.69, 9.17) is 9.84 Å². The monoisotopic (exact) mass is 164 g/mol. The Morgan fingerprint density at radius 1 is 1.50 bits per heavy atom. The van der Waals surface area contributed by atoms with Crippen LogP contribution in [0.5, 0.6) is 5.75 Å². The van der Waals surface area contributed by atoms with Crippen LogP contribution in [0.15, 0.2) is 12.1 Å². The second-order valence-electron chi connectivity index (χ2n) is 3.09. The van der Waals surface area contributed by atoms with Crippen molar-refractivity contribution >= 4 is 0 Å². The number of aryl methyl sites for hydroxylation is 1. The fraction of sp³-hybridized carbons (Fsp3) is 0.400. The Labute approximate surface area is 71.8 Å². The molecular formula is C10H12O2. The lowest BCUT2D eigenvalue weighted by molar-refractivity contribution is 0.280. The zero-order valence-electron chi connectivity index (χ0n) is 7.13. The number of aliphatic hydroxyl groups excluding tert-OH is 1. The molecule has 0 unspecified atom stereocenters. The van der Waals surface area contributed by atoms with Crippen molar-refractivity contribution in [2.24, 2.45) is 0 Å². The highest BCUT2D eigenvalue weighted by atomic mass is 16.5. The first kappa shape index (κ1) is 7.62. The third kappa shape index (κ3) is 0.994. The Hall–Kier alpha value is -1.02. The summed E-state index contributed by atoms with van der Waals surface area (Å²) in [4.78, 5) is 0. The average Bonchev–Trinajstić information content (AvgIpc) is 2.52. The van der Waals surface area contributed by atoms with E-state index in [1.807, 2.05) is 19.1 Å². The highest BCUT2D eigenvalue weighted by molar-refractivity contribution is 5.46. The predicted molar refractivity (Wildman–Crippen MR) is 46.3 cm³/mol. The standard InChI is InChI=1S/C10H12O2/c1-7-2-3-10-8(4-5-12-10)9(7)6-11/h2-3,11H,4-6H2,1H3. The predicted octanol–water partition coefficient (Wildman–Crippen LogP) is 1.42. The van der Waals surface area contributed by atoms with Crippen LogP contribution in [0.3, 0.4) is 0 Å². The highest BCUT2D eigenvalue weighted by Crippen LogP contribution is 2.30. The van der Waals surface area contributed by atoms with Gasteiger partial charge in [0.1, 0.15) is 5.75 Å². The summed E-state index contributed by atoms with van der Waals surface area (Å²) in [5.74, 6) is 0.949. The summed E-state index contributed by atoms with van der Waals surface area (Å²) in [6.07, 6.45) is 0.937. The number of hydrogen-bond acceptors (Lipinski definition) is 2. The van der Waals surface area contributed by atoms with Crippen LogP contribution in [-0.2, 0) is 13.0 Å². The lowest BCUT2D eigenvalue weighted by Crippen LogP contribution is -1.94. The normalized spacial score (nSPS) is 14.2.